The van der Waals surface area contributed by atoms with Crippen LogP contribution >= 0.6 is 0 Å². The fourth-order valence-corrected chi connectivity index (χ4v) is 3.51. The minimum atomic E-state index is -0.458. The van der Waals surface area contributed by atoms with Gasteiger partial charge in [0.15, 0.2) is 5.69 Å². The first-order valence-corrected chi connectivity index (χ1v) is 7.98. The standard InChI is InChI=1S/C17H18FN3O2/c18-13-5-1-2-6-15(13)21-14-7-3-4-12(14)16(19-21)17(23)20-9-8-11(22)10-20/h1-2,5-6,11,22H,3-4,7-10H2/t11-/m1/s1. The second-order valence-corrected chi connectivity index (χ2v) is 6.18. The number of hydrogen-bond acceptors (Lipinski definition) is 3. The van der Waals surface area contributed by atoms with E-state index in [0.717, 1.165) is 30.5 Å². The molecule has 0 spiro atoms. The van der Waals surface area contributed by atoms with Crippen molar-refractivity contribution in [3.63, 3.8) is 0 Å². The van der Waals surface area contributed by atoms with Gasteiger partial charge < -0.3 is 10.0 Å². The molecule has 1 atom stereocenters. The lowest BCUT2D eigenvalue weighted by molar-refractivity contribution is 0.0757. The highest BCUT2D eigenvalue weighted by atomic mass is 19.1. The lowest BCUT2D eigenvalue weighted by Gasteiger charge is -2.14. The fraction of sp³-hybridized carbons (Fsp3) is 0.412. The molecule has 4 rings (SSSR count). The van der Waals surface area contributed by atoms with Crippen LogP contribution in [0.25, 0.3) is 5.69 Å². The number of amides is 1. The highest BCUT2D eigenvalue weighted by Crippen LogP contribution is 2.29. The van der Waals surface area contributed by atoms with Crippen LogP contribution in [0.3, 0.4) is 0 Å². The summed E-state index contributed by atoms with van der Waals surface area (Å²) in [6, 6.07) is 6.48. The molecule has 1 saturated heterocycles. The minimum absolute atomic E-state index is 0.158. The zero-order valence-corrected chi connectivity index (χ0v) is 12.7. The maximum Gasteiger partial charge on any atom is 0.274 e. The number of rotatable bonds is 2. The first-order chi connectivity index (χ1) is 11.1. The summed E-state index contributed by atoms with van der Waals surface area (Å²) in [5.41, 5.74) is 2.65. The van der Waals surface area contributed by atoms with E-state index in [1.165, 1.54) is 6.07 Å². The molecule has 0 bridgehead atoms. The summed E-state index contributed by atoms with van der Waals surface area (Å²) in [7, 11) is 0. The second kappa shape index (κ2) is 5.45. The SMILES string of the molecule is O=C(c1nn(-c2ccccc2F)c2c1CCC2)N1CC[C@@H](O)C1. The quantitative estimate of drug-likeness (QED) is 0.918. The molecule has 2 aromatic rings. The van der Waals surface area contributed by atoms with Crippen LogP contribution in [0.15, 0.2) is 24.3 Å². The van der Waals surface area contributed by atoms with Crippen LogP contribution < -0.4 is 0 Å². The molecule has 5 nitrogen and oxygen atoms in total. The van der Waals surface area contributed by atoms with Gasteiger partial charge in [0.25, 0.3) is 5.91 Å². The molecule has 23 heavy (non-hydrogen) atoms. The highest BCUT2D eigenvalue weighted by molar-refractivity contribution is 5.94. The van der Waals surface area contributed by atoms with Crippen molar-refractivity contribution in [1.29, 1.82) is 0 Å². The molecule has 1 aliphatic carbocycles. The Labute approximate surface area is 133 Å². The molecule has 1 amide bonds. The Morgan fingerprint density at radius 2 is 2.13 bits per heavy atom. The van der Waals surface area contributed by atoms with E-state index in [4.69, 9.17) is 0 Å². The van der Waals surface area contributed by atoms with Gasteiger partial charge in [-0.2, -0.15) is 5.10 Å². The molecule has 6 heteroatoms. The number of nitrogens with zero attached hydrogens (tertiary/aromatic N) is 3. The molecule has 0 unspecified atom stereocenters. The molecular weight excluding hydrogens is 297 g/mol. The van der Waals surface area contributed by atoms with E-state index >= 15 is 0 Å². The molecule has 1 fully saturated rings. The Bertz CT molecular complexity index is 771. The molecule has 1 aromatic carbocycles. The molecule has 0 radical (unpaired) electrons. The topological polar surface area (TPSA) is 58.4 Å². The number of halogens is 1. The monoisotopic (exact) mass is 315 g/mol. The number of likely N-dealkylation sites (tertiary alicyclic amines) is 1. The summed E-state index contributed by atoms with van der Waals surface area (Å²) in [6.45, 7) is 0.890. The van der Waals surface area contributed by atoms with Crippen LogP contribution in [0.5, 0.6) is 0 Å². The first kappa shape index (κ1) is 14.4. The Morgan fingerprint density at radius 1 is 1.30 bits per heavy atom. The number of para-hydroxylation sites is 1. The molecular formula is C17H18FN3O2. The number of carbonyl (C=O) groups excluding carboxylic acids is 1. The number of carbonyl (C=O) groups is 1. The van der Waals surface area contributed by atoms with Gasteiger partial charge in [0.1, 0.15) is 11.5 Å². The van der Waals surface area contributed by atoms with Crippen LogP contribution in [0.4, 0.5) is 4.39 Å². The number of aromatic nitrogens is 2. The number of fused-ring (bicyclic) bond motifs is 1. The van der Waals surface area contributed by atoms with E-state index in [-0.39, 0.29) is 11.7 Å². The lowest BCUT2D eigenvalue weighted by atomic mass is 10.2. The number of hydrogen-bond donors (Lipinski definition) is 1. The average molecular weight is 315 g/mol. The second-order valence-electron chi connectivity index (χ2n) is 6.18. The predicted octanol–water partition coefficient (Wildman–Crippen LogP) is 1.71. The van der Waals surface area contributed by atoms with Crippen molar-refractivity contribution >= 4 is 5.91 Å². The van der Waals surface area contributed by atoms with Crippen molar-refractivity contribution in [3.05, 3.63) is 47.0 Å². The normalized spacial score (nSPS) is 20.1. The minimum Gasteiger partial charge on any atom is -0.391 e. The van der Waals surface area contributed by atoms with E-state index in [2.05, 4.69) is 5.10 Å². The van der Waals surface area contributed by atoms with Gasteiger partial charge in [0.05, 0.1) is 6.10 Å². The van der Waals surface area contributed by atoms with E-state index in [9.17, 15) is 14.3 Å². The predicted molar refractivity (Wildman–Crippen MR) is 82.1 cm³/mol. The Kier molecular flexibility index (Phi) is 3.41. The van der Waals surface area contributed by atoms with Crippen LogP contribution in [0.2, 0.25) is 0 Å². The average Bonchev–Trinajstić information content (AvgIpc) is 3.23. The van der Waals surface area contributed by atoms with E-state index in [0.29, 0.717) is 30.9 Å². The number of aliphatic hydroxyl groups is 1. The third-order valence-electron chi connectivity index (χ3n) is 4.66. The Balaban J connectivity index is 1.76. The molecule has 1 N–H and O–H groups in total. The van der Waals surface area contributed by atoms with Crippen LogP contribution in [0, 0.1) is 5.82 Å². The number of benzene rings is 1. The Morgan fingerprint density at radius 3 is 2.87 bits per heavy atom. The molecule has 2 aliphatic rings. The van der Waals surface area contributed by atoms with Gasteiger partial charge in [0.2, 0.25) is 0 Å². The van der Waals surface area contributed by atoms with Crippen LogP contribution in [-0.4, -0.2) is 44.9 Å². The van der Waals surface area contributed by atoms with E-state index in [1.807, 2.05) is 0 Å². The van der Waals surface area contributed by atoms with Crippen LogP contribution in [0.1, 0.15) is 34.6 Å². The fourth-order valence-electron chi connectivity index (χ4n) is 3.51. The van der Waals surface area contributed by atoms with Crippen molar-refractivity contribution < 1.29 is 14.3 Å². The highest BCUT2D eigenvalue weighted by Gasteiger charge is 2.32. The maximum atomic E-state index is 14.1. The molecule has 120 valence electrons. The zero-order chi connectivity index (χ0) is 16.0. The molecule has 1 aromatic heterocycles. The molecule has 0 saturated carbocycles. The van der Waals surface area contributed by atoms with Crippen molar-refractivity contribution in [2.45, 2.75) is 31.8 Å². The van der Waals surface area contributed by atoms with Crippen molar-refractivity contribution in [3.8, 4) is 5.69 Å². The lowest BCUT2D eigenvalue weighted by Crippen LogP contribution is -2.30. The van der Waals surface area contributed by atoms with Gasteiger partial charge in [-0.05, 0) is 37.8 Å². The van der Waals surface area contributed by atoms with Gasteiger partial charge in [-0.3, -0.25) is 4.79 Å². The van der Waals surface area contributed by atoms with Gasteiger partial charge in [-0.25, -0.2) is 9.07 Å². The summed E-state index contributed by atoms with van der Waals surface area (Å²) in [5.74, 6) is -0.505. The summed E-state index contributed by atoms with van der Waals surface area (Å²) >= 11 is 0. The van der Waals surface area contributed by atoms with Crippen molar-refractivity contribution in [2.24, 2.45) is 0 Å². The van der Waals surface area contributed by atoms with Crippen molar-refractivity contribution in [2.75, 3.05) is 13.1 Å². The summed E-state index contributed by atoms with van der Waals surface area (Å²) in [6.07, 6.45) is 2.68. The maximum absolute atomic E-state index is 14.1. The van der Waals surface area contributed by atoms with E-state index < -0.39 is 6.10 Å². The molecule has 1 aliphatic heterocycles. The first-order valence-electron chi connectivity index (χ1n) is 7.98. The van der Waals surface area contributed by atoms with Gasteiger partial charge in [-0.15, -0.1) is 0 Å². The molecule has 2 heterocycles. The Hall–Kier alpha value is -2.21. The van der Waals surface area contributed by atoms with Crippen LogP contribution in [-0.2, 0) is 12.8 Å². The third-order valence-corrected chi connectivity index (χ3v) is 4.66. The smallest absolute Gasteiger partial charge is 0.274 e. The summed E-state index contributed by atoms with van der Waals surface area (Å²) < 4.78 is 15.7. The summed E-state index contributed by atoms with van der Waals surface area (Å²) in [4.78, 5) is 14.4. The number of β-amino-alcohol motifs (C(OH)–C–C–N with tert-alkyl or cyclic N) is 1. The van der Waals surface area contributed by atoms with Gasteiger partial charge in [-0.1, -0.05) is 12.1 Å². The van der Waals surface area contributed by atoms with Gasteiger partial charge in [0, 0.05) is 24.3 Å². The summed E-state index contributed by atoms with van der Waals surface area (Å²) in [5, 5.41) is 14.1. The zero-order valence-electron chi connectivity index (χ0n) is 12.7. The third kappa shape index (κ3) is 2.34. The largest absolute Gasteiger partial charge is 0.391 e. The van der Waals surface area contributed by atoms with Gasteiger partial charge >= 0.3 is 0 Å². The van der Waals surface area contributed by atoms with E-state index in [1.54, 1.807) is 27.8 Å². The number of aliphatic hydroxyl groups excluding tert-OH is 1. The van der Waals surface area contributed by atoms with Crippen molar-refractivity contribution in [1.82, 2.24) is 14.7 Å².